The molecule has 5 rings (SSSR count). The van der Waals surface area contributed by atoms with Gasteiger partial charge in [-0.15, -0.1) is 0 Å². The number of carbonyl (C=O) groups is 2. The molecule has 4 N–H and O–H groups in total. The molecule has 2 saturated heterocycles. The van der Waals surface area contributed by atoms with Crippen LogP contribution >= 0.6 is 0 Å². The number of amidine groups is 1. The number of aliphatic hydroxyl groups is 1. The maximum absolute atomic E-state index is 13.1. The Labute approximate surface area is 215 Å². The lowest BCUT2D eigenvalue weighted by Crippen LogP contribution is -2.54. The molecule has 3 aliphatic heterocycles. The molecule has 0 saturated carbocycles. The number of carbonyl (C=O) groups excluding carboxylic acids is 2. The number of fused-ring (bicyclic) bond motifs is 1. The van der Waals surface area contributed by atoms with Crippen molar-refractivity contribution in [2.24, 2.45) is 0 Å². The summed E-state index contributed by atoms with van der Waals surface area (Å²) >= 11 is 0. The third kappa shape index (κ3) is 4.89. The number of methoxy groups -OCH3 is 1. The van der Waals surface area contributed by atoms with E-state index in [0.29, 0.717) is 29.3 Å². The number of hydrogen-bond acceptors (Lipinski definition) is 7. The molecule has 10 nitrogen and oxygen atoms in total. The lowest BCUT2D eigenvalue weighted by molar-refractivity contribution is -0.123. The number of rotatable bonds is 4. The first-order valence-corrected chi connectivity index (χ1v) is 12.2. The van der Waals surface area contributed by atoms with Gasteiger partial charge in [0.15, 0.2) is 11.9 Å². The molecule has 2 atom stereocenters. The summed E-state index contributed by atoms with van der Waals surface area (Å²) in [6, 6.07) is 12.6. The summed E-state index contributed by atoms with van der Waals surface area (Å²) < 4.78 is 5.24. The first-order valence-electron chi connectivity index (χ1n) is 12.2. The summed E-state index contributed by atoms with van der Waals surface area (Å²) in [5.74, 6) is 6.35. The molecule has 37 heavy (non-hydrogen) atoms. The van der Waals surface area contributed by atoms with Crippen molar-refractivity contribution in [3.05, 3.63) is 64.7 Å². The molecule has 10 heteroatoms. The molecule has 0 aliphatic carbocycles. The van der Waals surface area contributed by atoms with Crippen LogP contribution in [0.5, 0.6) is 5.75 Å². The van der Waals surface area contributed by atoms with Crippen molar-refractivity contribution in [1.29, 1.82) is 5.41 Å². The first-order chi connectivity index (χ1) is 17.8. The van der Waals surface area contributed by atoms with Gasteiger partial charge in [0.05, 0.1) is 13.7 Å². The van der Waals surface area contributed by atoms with Crippen LogP contribution < -0.4 is 15.4 Å². The van der Waals surface area contributed by atoms with Gasteiger partial charge in [0.1, 0.15) is 11.6 Å². The quantitative estimate of drug-likeness (QED) is 0.264. The Bertz CT molecular complexity index is 1290. The van der Waals surface area contributed by atoms with E-state index in [-0.39, 0.29) is 12.5 Å². The monoisotopic (exact) mass is 502 g/mol. The van der Waals surface area contributed by atoms with E-state index >= 15 is 0 Å². The molecule has 3 heterocycles. The van der Waals surface area contributed by atoms with Gasteiger partial charge in [-0.05, 0) is 36.9 Å². The highest BCUT2D eigenvalue weighted by atomic mass is 16.5. The Hall–Kier alpha value is -3.91. The van der Waals surface area contributed by atoms with Gasteiger partial charge in [-0.1, -0.05) is 30.0 Å². The van der Waals surface area contributed by atoms with Gasteiger partial charge >= 0.3 is 0 Å². The van der Waals surface area contributed by atoms with Gasteiger partial charge in [-0.3, -0.25) is 15.0 Å². The SMILES string of the molecule is COc1ccc2c(c1)C(=O)N(CC1(C#Cc3ccc(C(=N)N4CCN(C)CC4)cc3)NC(O)NC1=O)C2. The van der Waals surface area contributed by atoms with Crippen molar-refractivity contribution in [3.8, 4) is 17.6 Å². The number of amides is 2. The lowest BCUT2D eigenvalue weighted by atomic mass is 9.98. The largest absolute Gasteiger partial charge is 0.497 e. The highest BCUT2D eigenvalue weighted by Gasteiger charge is 2.48. The van der Waals surface area contributed by atoms with Crippen molar-refractivity contribution in [2.75, 3.05) is 46.9 Å². The van der Waals surface area contributed by atoms with Crippen LogP contribution in [0.25, 0.3) is 0 Å². The second kappa shape index (κ2) is 9.86. The van der Waals surface area contributed by atoms with E-state index in [0.717, 1.165) is 37.3 Å². The minimum Gasteiger partial charge on any atom is -0.497 e. The fourth-order valence-electron chi connectivity index (χ4n) is 4.82. The number of nitrogens with one attached hydrogen (secondary N) is 3. The Morgan fingerprint density at radius 1 is 1.16 bits per heavy atom. The number of hydrogen-bond donors (Lipinski definition) is 4. The number of piperazine rings is 1. The van der Waals surface area contributed by atoms with Gasteiger partial charge in [0.25, 0.3) is 11.8 Å². The van der Waals surface area contributed by atoms with E-state index in [1.54, 1.807) is 24.1 Å². The van der Waals surface area contributed by atoms with Gasteiger partial charge < -0.3 is 29.9 Å². The summed E-state index contributed by atoms with van der Waals surface area (Å²) in [7, 11) is 3.62. The van der Waals surface area contributed by atoms with Crippen LogP contribution in [0.15, 0.2) is 42.5 Å². The normalized spacial score (nSPS) is 23.4. The molecule has 0 aromatic heterocycles. The van der Waals surface area contributed by atoms with Crippen molar-refractivity contribution in [2.45, 2.75) is 18.4 Å². The molecule has 2 aromatic carbocycles. The van der Waals surface area contributed by atoms with Crippen molar-refractivity contribution in [1.82, 2.24) is 25.3 Å². The minimum atomic E-state index is -1.48. The molecule has 3 aliphatic rings. The van der Waals surface area contributed by atoms with Gasteiger partial charge in [0, 0.05) is 49.4 Å². The zero-order chi connectivity index (χ0) is 26.2. The molecule has 2 unspecified atom stereocenters. The second-order valence-corrected chi connectivity index (χ2v) is 9.58. The molecule has 0 bridgehead atoms. The van der Waals surface area contributed by atoms with Crippen molar-refractivity contribution < 1.29 is 19.4 Å². The predicted octanol–water partition coefficient (Wildman–Crippen LogP) is 0.00957. The van der Waals surface area contributed by atoms with Crippen molar-refractivity contribution in [3.63, 3.8) is 0 Å². The van der Waals surface area contributed by atoms with Gasteiger partial charge in [-0.2, -0.15) is 0 Å². The maximum Gasteiger partial charge on any atom is 0.257 e. The number of nitrogens with zero attached hydrogens (tertiary/aromatic N) is 3. The second-order valence-electron chi connectivity index (χ2n) is 9.58. The highest BCUT2D eigenvalue weighted by molar-refractivity contribution is 6.00. The van der Waals surface area contributed by atoms with Crippen molar-refractivity contribution >= 4 is 17.6 Å². The summed E-state index contributed by atoms with van der Waals surface area (Å²) in [6.45, 7) is 3.77. The molecule has 0 spiro atoms. The molecular formula is C27H30N6O4. The molecule has 0 radical (unpaired) electrons. The lowest BCUT2D eigenvalue weighted by Gasteiger charge is -2.34. The standard InChI is InChI=1S/C27H30N6O4/c1-31-11-13-32(14-12-31)23(28)19-5-3-18(4-6-19)9-10-27(25(35)29-26(36)30-27)17-33-16-20-7-8-21(37-2)15-22(20)24(33)34/h3-8,15,26,28,30,36H,11-14,16-17H2,1-2H3,(H,29,35). The van der Waals surface area contributed by atoms with E-state index in [9.17, 15) is 14.7 Å². The Morgan fingerprint density at radius 2 is 1.89 bits per heavy atom. The van der Waals surface area contributed by atoms with E-state index < -0.39 is 17.8 Å². The summed E-state index contributed by atoms with van der Waals surface area (Å²) in [5.41, 5.74) is 1.34. The zero-order valence-electron chi connectivity index (χ0n) is 20.9. The Morgan fingerprint density at radius 3 is 2.54 bits per heavy atom. The zero-order valence-corrected chi connectivity index (χ0v) is 20.9. The highest BCUT2D eigenvalue weighted by Crippen LogP contribution is 2.28. The molecule has 2 aromatic rings. The van der Waals surface area contributed by atoms with E-state index in [2.05, 4.69) is 39.3 Å². The molecular weight excluding hydrogens is 472 g/mol. The third-order valence-electron chi connectivity index (χ3n) is 7.06. The number of likely N-dealkylation sites (N-methyl/N-ethyl adjacent to an activating group) is 1. The van der Waals surface area contributed by atoms with Crippen LogP contribution in [0, 0.1) is 17.3 Å². The molecule has 192 valence electrons. The number of aliphatic hydroxyl groups excluding tert-OH is 1. The summed E-state index contributed by atoms with van der Waals surface area (Å²) in [5, 5.41) is 23.9. The van der Waals surface area contributed by atoms with E-state index in [1.807, 2.05) is 30.3 Å². The smallest absolute Gasteiger partial charge is 0.257 e. The van der Waals surface area contributed by atoms with Crippen LogP contribution in [0.2, 0.25) is 0 Å². The average Bonchev–Trinajstić information content (AvgIpc) is 3.36. The van der Waals surface area contributed by atoms with Crippen LogP contribution in [0.3, 0.4) is 0 Å². The number of benzene rings is 2. The summed E-state index contributed by atoms with van der Waals surface area (Å²) in [4.78, 5) is 31.8. The van der Waals surface area contributed by atoms with Crippen LogP contribution in [-0.2, 0) is 11.3 Å². The fraction of sp³-hybridized carbons (Fsp3) is 0.370. The number of ether oxygens (including phenoxy) is 1. The third-order valence-corrected chi connectivity index (χ3v) is 7.06. The molecule has 2 fully saturated rings. The topological polar surface area (TPSA) is 121 Å². The fourth-order valence-corrected chi connectivity index (χ4v) is 4.82. The van der Waals surface area contributed by atoms with Crippen LogP contribution in [0.4, 0.5) is 0 Å². The summed E-state index contributed by atoms with van der Waals surface area (Å²) in [6.07, 6.45) is -1.27. The Kier molecular flexibility index (Phi) is 6.60. The first kappa shape index (κ1) is 24.8. The minimum absolute atomic E-state index is 0.0368. The van der Waals surface area contributed by atoms with E-state index in [4.69, 9.17) is 10.1 Å². The van der Waals surface area contributed by atoms with E-state index in [1.165, 1.54) is 0 Å². The van der Waals surface area contributed by atoms with Crippen LogP contribution in [0.1, 0.15) is 27.0 Å². The predicted molar refractivity (Wildman–Crippen MR) is 137 cm³/mol. The van der Waals surface area contributed by atoms with Gasteiger partial charge in [-0.25, -0.2) is 5.32 Å². The molecule has 2 amide bonds. The maximum atomic E-state index is 13.1. The van der Waals surface area contributed by atoms with Crippen LogP contribution in [-0.4, -0.2) is 96.2 Å². The Balaban J connectivity index is 1.34. The average molecular weight is 503 g/mol. The van der Waals surface area contributed by atoms with Gasteiger partial charge in [0.2, 0.25) is 0 Å².